The minimum Gasteiger partial charge on any atom is -0.300 e. The molecule has 3 rings (SSSR count). The molecule has 0 N–H and O–H groups in total. The van der Waals surface area contributed by atoms with Crippen LogP contribution in [0.25, 0.3) is 0 Å². The van der Waals surface area contributed by atoms with E-state index in [2.05, 4.69) is 43.3 Å². The third-order valence-electron chi connectivity index (χ3n) is 3.93. The molecule has 18 heavy (non-hydrogen) atoms. The Morgan fingerprint density at radius 1 is 0.833 bits per heavy atom. The van der Waals surface area contributed by atoms with Crippen molar-refractivity contribution in [3.8, 4) is 0 Å². The minimum absolute atomic E-state index is 0.0773. The lowest BCUT2D eigenvalue weighted by atomic mass is 9.60. The van der Waals surface area contributed by atoms with Gasteiger partial charge in [0.05, 0.1) is 0 Å². The Hall–Kier alpha value is -1.89. The fourth-order valence-corrected chi connectivity index (χ4v) is 2.83. The molecular formula is C17H16O. The van der Waals surface area contributed by atoms with Crippen LogP contribution in [0, 0.1) is 6.92 Å². The Bertz CT molecular complexity index is 558. The largest absolute Gasteiger partial charge is 0.300 e. The van der Waals surface area contributed by atoms with E-state index in [-0.39, 0.29) is 5.41 Å². The van der Waals surface area contributed by atoms with Gasteiger partial charge in [0.15, 0.2) is 0 Å². The molecule has 1 nitrogen and oxygen atoms in total. The molecule has 0 saturated heterocycles. The lowest BCUT2D eigenvalue weighted by Gasteiger charge is -2.41. The summed E-state index contributed by atoms with van der Waals surface area (Å²) >= 11 is 0. The van der Waals surface area contributed by atoms with Gasteiger partial charge in [0.25, 0.3) is 0 Å². The van der Waals surface area contributed by atoms with E-state index >= 15 is 0 Å². The van der Waals surface area contributed by atoms with Gasteiger partial charge in [0, 0.05) is 18.3 Å². The van der Waals surface area contributed by atoms with E-state index in [4.69, 9.17) is 0 Å². The summed E-state index contributed by atoms with van der Waals surface area (Å²) in [6.45, 7) is 2.09. The van der Waals surface area contributed by atoms with Gasteiger partial charge in [-0.1, -0.05) is 60.2 Å². The van der Waals surface area contributed by atoms with Gasteiger partial charge in [-0.05, 0) is 18.1 Å². The molecule has 0 aliphatic heterocycles. The Kier molecular flexibility index (Phi) is 2.55. The van der Waals surface area contributed by atoms with Crippen molar-refractivity contribution in [3.63, 3.8) is 0 Å². The van der Waals surface area contributed by atoms with Gasteiger partial charge >= 0.3 is 0 Å². The van der Waals surface area contributed by atoms with Crippen LogP contribution in [-0.4, -0.2) is 5.78 Å². The maximum Gasteiger partial charge on any atom is 0.135 e. The van der Waals surface area contributed by atoms with E-state index in [9.17, 15) is 4.79 Å². The molecule has 2 aromatic rings. The van der Waals surface area contributed by atoms with Crippen LogP contribution in [0.3, 0.4) is 0 Å². The van der Waals surface area contributed by atoms with Gasteiger partial charge in [0.2, 0.25) is 0 Å². The number of aryl methyl sites for hydroxylation is 1. The number of hydrogen-bond acceptors (Lipinski definition) is 1. The van der Waals surface area contributed by atoms with E-state index in [1.807, 2.05) is 18.2 Å². The van der Waals surface area contributed by atoms with Crippen LogP contribution >= 0.6 is 0 Å². The topological polar surface area (TPSA) is 17.1 Å². The number of benzene rings is 2. The van der Waals surface area contributed by atoms with Crippen molar-refractivity contribution in [2.24, 2.45) is 0 Å². The highest BCUT2D eigenvalue weighted by Gasteiger charge is 2.45. The van der Waals surface area contributed by atoms with Crippen LogP contribution in [0.2, 0.25) is 0 Å². The average molecular weight is 236 g/mol. The van der Waals surface area contributed by atoms with Gasteiger partial charge in [-0.2, -0.15) is 0 Å². The van der Waals surface area contributed by atoms with Gasteiger partial charge in [0.1, 0.15) is 5.78 Å². The van der Waals surface area contributed by atoms with Crippen LogP contribution < -0.4 is 0 Å². The maximum absolute atomic E-state index is 11.5. The summed E-state index contributed by atoms with van der Waals surface area (Å²) in [7, 11) is 0. The zero-order valence-corrected chi connectivity index (χ0v) is 10.5. The summed E-state index contributed by atoms with van der Waals surface area (Å²) in [5.74, 6) is 0.361. The van der Waals surface area contributed by atoms with Crippen molar-refractivity contribution in [3.05, 3.63) is 71.3 Å². The number of carbonyl (C=O) groups is 1. The molecular weight excluding hydrogens is 220 g/mol. The number of Topliss-reactive ketones (excluding diaryl/α,β-unsaturated/α-hetero) is 1. The average Bonchev–Trinajstić information content (AvgIpc) is 2.37. The van der Waals surface area contributed by atoms with Crippen LogP contribution in [0.15, 0.2) is 54.6 Å². The summed E-state index contributed by atoms with van der Waals surface area (Å²) in [6, 6.07) is 19.0. The van der Waals surface area contributed by atoms with Crippen molar-refractivity contribution < 1.29 is 4.79 Å². The van der Waals surface area contributed by atoms with Crippen LogP contribution in [0.1, 0.15) is 29.5 Å². The van der Waals surface area contributed by atoms with Crippen molar-refractivity contribution >= 4 is 5.78 Å². The summed E-state index contributed by atoms with van der Waals surface area (Å²) in [5.41, 5.74) is 3.70. The van der Waals surface area contributed by atoms with E-state index in [1.54, 1.807) is 0 Å². The highest BCUT2D eigenvalue weighted by atomic mass is 16.1. The van der Waals surface area contributed by atoms with Gasteiger partial charge < -0.3 is 0 Å². The second kappa shape index (κ2) is 4.09. The molecule has 0 amide bonds. The Labute approximate surface area is 107 Å². The molecule has 0 bridgehead atoms. The van der Waals surface area contributed by atoms with Gasteiger partial charge in [-0.25, -0.2) is 0 Å². The van der Waals surface area contributed by atoms with Crippen molar-refractivity contribution in [1.29, 1.82) is 0 Å². The van der Waals surface area contributed by atoms with Gasteiger partial charge in [-0.3, -0.25) is 4.79 Å². The standard InChI is InChI=1S/C17H16O/c1-13-7-9-15(10-8-13)17(11-16(18)12-17)14-5-3-2-4-6-14/h2-10H,11-12H2,1H3. The smallest absolute Gasteiger partial charge is 0.135 e. The number of hydrogen-bond donors (Lipinski definition) is 0. The van der Waals surface area contributed by atoms with Crippen LogP contribution in [0.5, 0.6) is 0 Å². The van der Waals surface area contributed by atoms with E-state index in [0.717, 1.165) is 0 Å². The van der Waals surface area contributed by atoms with E-state index < -0.39 is 0 Å². The third-order valence-corrected chi connectivity index (χ3v) is 3.93. The molecule has 1 heteroatoms. The zero-order valence-electron chi connectivity index (χ0n) is 10.5. The van der Waals surface area contributed by atoms with Gasteiger partial charge in [-0.15, -0.1) is 0 Å². The second-order valence-electron chi connectivity index (χ2n) is 5.21. The molecule has 0 heterocycles. The molecule has 0 aromatic heterocycles. The lowest BCUT2D eigenvalue weighted by molar-refractivity contribution is -0.127. The number of rotatable bonds is 2. The summed E-state index contributed by atoms with van der Waals surface area (Å²) in [6.07, 6.45) is 1.28. The first-order valence-electron chi connectivity index (χ1n) is 6.35. The summed E-state index contributed by atoms with van der Waals surface area (Å²) < 4.78 is 0. The fourth-order valence-electron chi connectivity index (χ4n) is 2.83. The van der Waals surface area contributed by atoms with Crippen LogP contribution in [0.4, 0.5) is 0 Å². The highest BCUT2D eigenvalue weighted by molar-refractivity contribution is 5.90. The summed E-state index contributed by atoms with van der Waals surface area (Å²) in [4.78, 5) is 11.5. The third kappa shape index (κ3) is 1.67. The highest BCUT2D eigenvalue weighted by Crippen LogP contribution is 2.46. The number of carbonyl (C=O) groups excluding carboxylic acids is 1. The van der Waals surface area contributed by atoms with Crippen molar-refractivity contribution in [2.45, 2.75) is 25.2 Å². The molecule has 0 atom stereocenters. The summed E-state index contributed by atoms with van der Waals surface area (Å²) in [5, 5.41) is 0. The van der Waals surface area contributed by atoms with Crippen molar-refractivity contribution in [2.75, 3.05) is 0 Å². The monoisotopic (exact) mass is 236 g/mol. The van der Waals surface area contributed by atoms with Crippen molar-refractivity contribution in [1.82, 2.24) is 0 Å². The Morgan fingerprint density at radius 3 is 1.94 bits per heavy atom. The maximum atomic E-state index is 11.5. The predicted molar refractivity (Wildman–Crippen MR) is 72.6 cm³/mol. The fraction of sp³-hybridized carbons (Fsp3) is 0.235. The molecule has 1 fully saturated rings. The number of ketones is 1. The Balaban J connectivity index is 2.08. The first-order chi connectivity index (χ1) is 8.71. The first kappa shape index (κ1) is 11.2. The molecule has 0 radical (unpaired) electrons. The molecule has 0 unspecified atom stereocenters. The molecule has 2 aromatic carbocycles. The van der Waals surface area contributed by atoms with Crippen LogP contribution in [-0.2, 0) is 10.2 Å². The zero-order chi connectivity index (χ0) is 12.6. The van der Waals surface area contributed by atoms with E-state index in [0.29, 0.717) is 18.6 Å². The normalized spacial score (nSPS) is 17.3. The molecule has 90 valence electrons. The SMILES string of the molecule is Cc1ccc(C2(c3ccccc3)CC(=O)C2)cc1. The quantitative estimate of drug-likeness (QED) is 0.778. The van der Waals surface area contributed by atoms with E-state index in [1.165, 1.54) is 16.7 Å². The molecule has 1 aliphatic rings. The second-order valence-corrected chi connectivity index (χ2v) is 5.21. The Morgan fingerprint density at radius 2 is 1.39 bits per heavy atom. The predicted octanol–water partition coefficient (Wildman–Crippen LogP) is 3.64. The molecule has 0 spiro atoms. The minimum atomic E-state index is -0.0773. The molecule has 1 aliphatic carbocycles. The lowest BCUT2D eigenvalue weighted by Crippen LogP contribution is -2.42. The first-order valence-corrected chi connectivity index (χ1v) is 6.35. The molecule has 1 saturated carbocycles.